The fourth-order valence-corrected chi connectivity index (χ4v) is 2.07. The smallest absolute Gasteiger partial charge is 0.126 e. The number of anilines is 1. The summed E-state index contributed by atoms with van der Waals surface area (Å²) in [4.78, 5) is 8.66. The van der Waals surface area contributed by atoms with Crippen LogP contribution in [0.3, 0.4) is 0 Å². The Hall–Kier alpha value is -2.42. The molecule has 3 heteroatoms. The van der Waals surface area contributed by atoms with Crippen LogP contribution in [0.25, 0.3) is 22.0 Å². The third kappa shape index (κ3) is 1.70. The average molecular weight is 235 g/mol. The molecule has 0 atom stereocenters. The SMILES string of the molecule is Cc1cc(-c2cccc3cccnc23)cnc1N. The van der Waals surface area contributed by atoms with Gasteiger partial charge in [0, 0.05) is 28.9 Å². The summed E-state index contributed by atoms with van der Waals surface area (Å²) in [6.07, 6.45) is 3.61. The van der Waals surface area contributed by atoms with Crippen molar-refractivity contribution in [2.75, 3.05) is 5.73 Å². The Balaban J connectivity index is 2.28. The molecule has 0 amide bonds. The number of benzene rings is 1. The number of nitrogens with two attached hydrogens (primary N) is 1. The summed E-state index contributed by atoms with van der Waals surface area (Å²) in [6.45, 7) is 1.96. The highest BCUT2D eigenvalue weighted by Crippen LogP contribution is 2.27. The first-order chi connectivity index (χ1) is 8.75. The van der Waals surface area contributed by atoms with Crippen molar-refractivity contribution in [1.29, 1.82) is 0 Å². The highest BCUT2D eigenvalue weighted by molar-refractivity contribution is 5.93. The largest absolute Gasteiger partial charge is 0.383 e. The van der Waals surface area contributed by atoms with Gasteiger partial charge < -0.3 is 5.73 Å². The van der Waals surface area contributed by atoms with Crippen LogP contribution in [0.1, 0.15) is 5.56 Å². The van der Waals surface area contributed by atoms with Crippen molar-refractivity contribution in [1.82, 2.24) is 9.97 Å². The molecule has 2 aromatic heterocycles. The van der Waals surface area contributed by atoms with Crippen LogP contribution < -0.4 is 5.73 Å². The third-order valence-corrected chi connectivity index (χ3v) is 3.06. The number of hydrogen-bond donors (Lipinski definition) is 1. The molecule has 88 valence electrons. The lowest BCUT2D eigenvalue weighted by Crippen LogP contribution is -1.94. The number of hydrogen-bond acceptors (Lipinski definition) is 3. The number of aryl methyl sites for hydroxylation is 1. The molecular weight excluding hydrogens is 222 g/mol. The molecule has 18 heavy (non-hydrogen) atoms. The van der Waals surface area contributed by atoms with Gasteiger partial charge in [0.15, 0.2) is 0 Å². The maximum atomic E-state index is 5.75. The molecule has 0 saturated heterocycles. The molecular formula is C15H13N3. The summed E-state index contributed by atoms with van der Waals surface area (Å²) in [5.74, 6) is 0.576. The molecule has 0 bridgehead atoms. The van der Waals surface area contributed by atoms with Crippen molar-refractivity contribution < 1.29 is 0 Å². The van der Waals surface area contributed by atoms with Gasteiger partial charge in [-0.3, -0.25) is 4.98 Å². The molecule has 2 heterocycles. The molecule has 0 aliphatic rings. The zero-order valence-electron chi connectivity index (χ0n) is 10.1. The highest BCUT2D eigenvalue weighted by atomic mass is 14.8. The standard InChI is InChI=1S/C15H13N3/c1-10-8-12(9-18-15(10)16)13-6-2-4-11-5-3-7-17-14(11)13/h2-9H,1H3,(H2,16,18). The van der Waals surface area contributed by atoms with Gasteiger partial charge in [-0.2, -0.15) is 0 Å². The second-order valence-electron chi connectivity index (χ2n) is 4.31. The van der Waals surface area contributed by atoms with Crippen molar-refractivity contribution in [3.05, 3.63) is 54.4 Å². The minimum absolute atomic E-state index is 0.576. The number of para-hydroxylation sites is 1. The van der Waals surface area contributed by atoms with Gasteiger partial charge in [-0.1, -0.05) is 24.3 Å². The van der Waals surface area contributed by atoms with E-state index in [0.29, 0.717) is 5.82 Å². The second-order valence-corrected chi connectivity index (χ2v) is 4.31. The Bertz CT molecular complexity index is 715. The zero-order chi connectivity index (χ0) is 12.5. The number of rotatable bonds is 1. The van der Waals surface area contributed by atoms with Gasteiger partial charge in [-0.05, 0) is 24.6 Å². The lowest BCUT2D eigenvalue weighted by atomic mass is 10.0. The van der Waals surface area contributed by atoms with E-state index in [2.05, 4.69) is 28.2 Å². The van der Waals surface area contributed by atoms with E-state index in [0.717, 1.165) is 27.6 Å². The number of fused-ring (bicyclic) bond motifs is 1. The minimum Gasteiger partial charge on any atom is -0.383 e. The van der Waals surface area contributed by atoms with E-state index < -0.39 is 0 Å². The first-order valence-electron chi connectivity index (χ1n) is 5.82. The van der Waals surface area contributed by atoms with E-state index >= 15 is 0 Å². The summed E-state index contributed by atoms with van der Waals surface area (Å²) >= 11 is 0. The van der Waals surface area contributed by atoms with Crippen LogP contribution in [0.4, 0.5) is 5.82 Å². The van der Waals surface area contributed by atoms with Crippen LogP contribution in [0, 0.1) is 6.92 Å². The van der Waals surface area contributed by atoms with Crippen molar-refractivity contribution in [2.45, 2.75) is 6.92 Å². The number of aromatic nitrogens is 2. The summed E-state index contributed by atoms with van der Waals surface area (Å²) in [5.41, 5.74) is 9.86. The third-order valence-electron chi connectivity index (χ3n) is 3.06. The molecule has 0 aliphatic carbocycles. The van der Waals surface area contributed by atoms with Gasteiger partial charge >= 0.3 is 0 Å². The summed E-state index contributed by atoms with van der Waals surface area (Å²) in [5, 5.41) is 1.13. The van der Waals surface area contributed by atoms with E-state index in [1.807, 2.05) is 31.3 Å². The molecule has 0 saturated carbocycles. The zero-order valence-corrected chi connectivity index (χ0v) is 10.1. The van der Waals surface area contributed by atoms with Gasteiger partial charge in [0.1, 0.15) is 5.82 Å². The van der Waals surface area contributed by atoms with Crippen LogP contribution in [0.15, 0.2) is 48.8 Å². The van der Waals surface area contributed by atoms with Crippen LogP contribution in [0.5, 0.6) is 0 Å². The molecule has 1 aromatic carbocycles. The Labute approximate surface area is 105 Å². The van der Waals surface area contributed by atoms with Crippen molar-refractivity contribution in [3.8, 4) is 11.1 Å². The normalized spacial score (nSPS) is 10.7. The molecule has 3 aromatic rings. The molecule has 2 N–H and O–H groups in total. The van der Waals surface area contributed by atoms with Crippen LogP contribution in [-0.2, 0) is 0 Å². The van der Waals surface area contributed by atoms with Crippen molar-refractivity contribution in [3.63, 3.8) is 0 Å². The fraction of sp³-hybridized carbons (Fsp3) is 0.0667. The van der Waals surface area contributed by atoms with Crippen LogP contribution in [-0.4, -0.2) is 9.97 Å². The van der Waals surface area contributed by atoms with Crippen molar-refractivity contribution >= 4 is 16.7 Å². The van der Waals surface area contributed by atoms with E-state index in [1.54, 1.807) is 6.20 Å². The van der Waals surface area contributed by atoms with E-state index in [1.165, 1.54) is 0 Å². The number of nitrogens with zero attached hydrogens (tertiary/aromatic N) is 2. The molecule has 3 nitrogen and oxygen atoms in total. The second kappa shape index (κ2) is 4.11. The molecule has 0 aliphatic heterocycles. The Morgan fingerprint density at radius 1 is 1.06 bits per heavy atom. The quantitative estimate of drug-likeness (QED) is 0.704. The lowest BCUT2D eigenvalue weighted by Gasteiger charge is -2.07. The Morgan fingerprint density at radius 2 is 1.89 bits per heavy atom. The first-order valence-corrected chi connectivity index (χ1v) is 5.82. The maximum absolute atomic E-state index is 5.75. The van der Waals surface area contributed by atoms with Crippen LogP contribution >= 0.6 is 0 Å². The predicted octanol–water partition coefficient (Wildman–Crippen LogP) is 3.19. The molecule has 0 fully saturated rings. The van der Waals surface area contributed by atoms with Crippen molar-refractivity contribution in [2.24, 2.45) is 0 Å². The fourth-order valence-electron chi connectivity index (χ4n) is 2.07. The molecule has 3 rings (SSSR count). The van der Waals surface area contributed by atoms with Gasteiger partial charge in [0.25, 0.3) is 0 Å². The average Bonchev–Trinajstić information content (AvgIpc) is 2.41. The van der Waals surface area contributed by atoms with E-state index in [-0.39, 0.29) is 0 Å². The van der Waals surface area contributed by atoms with E-state index in [9.17, 15) is 0 Å². The maximum Gasteiger partial charge on any atom is 0.126 e. The topological polar surface area (TPSA) is 51.8 Å². The lowest BCUT2D eigenvalue weighted by molar-refractivity contribution is 1.28. The molecule has 0 unspecified atom stereocenters. The van der Waals surface area contributed by atoms with Gasteiger partial charge in [0.2, 0.25) is 0 Å². The Morgan fingerprint density at radius 3 is 2.72 bits per heavy atom. The monoisotopic (exact) mass is 235 g/mol. The highest BCUT2D eigenvalue weighted by Gasteiger charge is 2.06. The molecule has 0 spiro atoms. The van der Waals surface area contributed by atoms with Crippen LogP contribution in [0.2, 0.25) is 0 Å². The van der Waals surface area contributed by atoms with Gasteiger partial charge in [0.05, 0.1) is 5.52 Å². The number of pyridine rings is 2. The predicted molar refractivity (Wildman–Crippen MR) is 74.1 cm³/mol. The van der Waals surface area contributed by atoms with Gasteiger partial charge in [-0.15, -0.1) is 0 Å². The summed E-state index contributed by atoms with van der Waals surface area (Å²) in [7, 11) is 0. The van der Waals surface area contributed by atoms with Gasteiger partial charge in [-0.25, -0.2) is 4.98 Å². The molecule has 0 radical (unpaired) electrons. The summed E-state index contributed by atoms with van der Waals surface area (Å²) < 4.78 is 0. The summed E-state index contributed by atoms with van der Waals surface area (Å²) in [6, 6.07) is 12.2. The van der Waals surface area contributed by atoms with E-state index in [4.69, 9.17) is 5.73 Å². The first kappa shape index (κ1) is 10.7. The number of nitrogen functional groups attached to an aromatic ring is 1. The Kier molecular flexibility index (Phi) is 2.45. The minimum atomic E-state index is 0.576.